The molecule has 0 aromatic carbocycles. The van der Waals surface area contributed by atoms with Crippen molar-refractivity contribution in [1.29, 1.82) is 0 Å². The van der Waals surface area contributed by atoms with E-state index in [2.05, 4.69) is 27.9 Å². The van der Waals surface area contributed by atoms with E-state index in [0.717, 1.165) is 47.5 Å². The molecule has 1 N–H and O–H groups in total. The van der Waals surface area contributed by atoms with Crippen molar-refractivity contribution < 1.29 is 14.3 Å². The van der Waals surface area contributed by atoms with E-state index in [1.807, 2.05) is 25.3 Å². The number of carbonyl (C=O) groups is 1. The first-order chi connectivity index (χ1) is 16.1. The normalized spacial score (nSPS) is 19.8. The number of fused-ring (bicyclic) bond motifs is 1. The van der Waals surface area contributed by atoms with Crippen molar-refractivity contribution in [2.45, 2.75) is 38.6 Å². The molecule has 5 heterocycles. The van der Waals surface area contributed by atoms with E-state index in [0.29, 0.717) is 38.7 Å². The van der Waals surface area contributed by atoms with E-state index in [-0.39, 0.29) is 18.1 Å². The molecule has 0 unspecified atom stereocenters. The Kier molecular flexibility index (Phi) is 6.13. The van der Waals surface area contributed by atoms with Crippen LogP contribution in [0, 0.1) is 0 Å². The molecule has 1 amide bonds. The summed E-state index contributed by atoms with van der Waals surface area (Å²) in [5, 5.41) is 1.01. The maximum atomic E-state index is 12.1. The number of pyridine rings is 1. The summed E-state index contributed by atoms with van der Waals surface area (Å²) in [6, 6.07) is 6.36. The third kappa shape index (κ3) is 4.37. The highest BCUT2D eigenvalue weighted by molar-refractivity contribution is 5.91. The molecule has 0 radical (unpaired) electrons. The Morgan fingerprint density at radius 1 is 1.24 bits per heavy atom. The molecule has 174 valence electrons. The average Bonchev–Trinajstić information content (AvgIpc) is 3.33. The van der Waals surface area contributed by atoms with Crippen LogP contribution in [-0.2, 0) is 9.47 Å². The van der Waals surface area contributed by atoms with E-state index < -0.39 is 0 Å². The van der Waals surface area contributed by atoms with Crippen molar-refractivity contribution >= 4 is 22.9 Å². The Bertz CT molecular complexity index is 1120. The molecular weight excluding hydrogens is 420 g/mol. The summed E-state index contributed by atoms with van der Waals surface area (Å²) < 4.78 is 10.8. The third-order valence-electron chi connectivity index (χ3n) is 6.53. The molecule has 3 aromatic heterocycles. The van der Waals surface area contributed by atoms with Crippen molar-refractivity contribution in [2.75, 3.05) is 44.4 Å². The topological polar surface area (TPSA) is 96.5 Å². The number of H-pyrrole nitrogens is 1. The predicted octanol–water partition coefficient (Wildman–Crippen LogP) is 3.58. The number of piperidine rings is 1. The Morgan fingerprint density at radius 2 is 2.09 bits per heavy atom. The van der Waals surface area contributed by atoms with Crippen LogP contribution in [0.3, 0.4) is 0 Å². The number of morpholine rings is 1. The van der Waals surface area contributed by atoms with E-state index in [1.54, 1.807) is 11.1 Å². The summed E-state index contributed by atoms with van der Waals surface area (Å²) >= 11 is 0. The zero-order valence-corrected chi connectivity index (χ0v) is 19.2. The van der Waals surface area contributed by atoms with Gasteiger partial charge >= 0.3 is 6.09 Å². The maximum absolute atomic E-state index is 12.1. The van der Waals surface area contributed by atoms with Crippen molar-refractivity contribution in [2.24, 2.45) is 0 Å². The van der Waals surface area contributed by atoms with Crippen LogP contribution < -0.4 is 4.90 Å². The van der Waals surface area contributed by atoms with Crippen molar-refractivity contribution in [3.8, 4) is 11.4 Å². The van der Waals surface area contributed by atoms with Crippen LogP contribution in [0.4, 0.5) is 10.6 Å². The lowest BCUT2D eigenvalue weighted by molar-refractivity contribution is 0.0968. The molecule has 0 bridgehead atoms. The lowest BCUT2D eigenvalue weighted by Gasteiger charge is -2.35. The first kappa shape index (κ1) is 21.6. The molecule has 0 saturated carbocycles. The Labute approximate surface area is 193 Å². The van der Waals surface area contributed by atoms with Gasteiger partial charge in [-0.3, -0.25) is 0 Å². The smallest absolute Gasteiger partial charge is 0.409 e. The molecule has 33 heavy (non-hydrogen) atoms. The fraction of sp³-hybridized carbons (Fsp3) is 0.500. The first-order valence-corrected chi connectivity index (χ1v) is 11.7. The molecule has 0 spiro atoms. The van der Waals surface area contributed by atoms with Crippen molar-refractivity contribution in [3.05, 3.63) is 36.3 Å². The van der Waals surface area contributed by atoms with Gasteiger partial charge in [-0.25, -0.2) is 19.7 Å². The lowest BCUT2D eigenvalue weighted by atomic mass is 9.93. The number of anilines is 1. The number of likely N-dealkylation sites (tertiary alicyclic amines) is 1. The minimum Gasteiger partial charge on any atom is -0.450 e. The number of ether oxygens (including phenoxy) is 2. The Balaban J connectivity index is 1.50. The van der Waals surface area contributed by atoms with Gasteiger partial charge < -0.3 is 24.3 Å². The molecular formula is C24H30N6O3. The number of aromatic amines is 1. The largest absolute Gasteiger partial charge is 0.450 e. The summed E-state index contributed by atoms with van der Waals surface area (Å²) in [5.41, 5.74) is 2.82. The van der Waals surface area contributed by atoms with Gasteiger partial charge in [-0.2, -0.15) is 0 Å². The number of nitrogens with zero attached hydrogens (tertiary/aromatic N) is 5. The first-order valence-electron chi connectivity index (χ1n) is 11.7. The van der Waals surface area contributed by atoms with E-state index in [9.17, 15) is 4.79 Å². The number of hydrogen-bond acceptors (Lipinski definition) is 7. The zero-order valence-electron chi connectivity index (χ0n) is 19.2. The Hall–Kier alpha value is -3.20. The number of aromatic nitrogens is 4. The molecule has 2 aliphatic heterocycles. The van der Waals surface area contributed by atoms with Gasteiger partial charge in [0.25, 0.3) is 0 Å². The van der Waals surface area contributed by atoms with Crippen LogP contribution in [0.25, 0.3) is 22.4 Å². The number of hydrogen-bond donors (Lipinski definition) is 1. The van der Waals surface area contributed by atoms with Gasteiger partial charge in [-0.1, -0.05) is 0 Å². The van der Waals surface area contributed by atoms with E-state index in [1.165, 1.54) is 0 Å². The summed E-state index contributed by atoms with van der Waals surface area (Å²) in [5.74, 6) is 1.90. The van der Waals surface area contributed by atoms with Crippen LogP contribution in [0.15, 0.2) is 30.6 Å². The highest BCUT2D eigenvalue weighted by atomic mass is 16.6. The third-order valence-corrected chi connectivity index (χ3v) is 6.53. The van der Waals surface area contributed by atoms with Gasteiger partial charge in [0, 0.05) is 60.7 Å². The molecule has 9 heteroatoms. The van der Waals surface area contributed by atoms with Gasteiger partial charge in [0.05, 0.1) is 25.9 Å². The van der Waals surface area contributed by atoms with E-state index >= 15 is 0 Å². The highest BCUT2D eigenvalue weighted by Gasteiger charge is 2.28. The summed E-state index contributed by atoms with van der Waals surface area (Å²) in [7, 11) is 0. The fourth-order valence-corrected chi connectivity index (χ4v) is 4.73. The SMILES string of the molecule is CCOC(=O)N1CCC(c2cc(N3CCOC[C@H]3C)nc(-c3ccnc4[nH]ccc34)n2)CC1. The summed E-state index contributed by atoms with van der Waals surface area (Å²) in [6.07, 6.45) is 5.15. The molecule has 2 saturated heterocycles. The molecule has 9 nitrogen and oxygen atoms in total. The zero-order chi connectivity index (χ0) is 22.8. The maximum Gasteiger partial charge on any atom is 0.409 e. The van der Waals surface area contributed by atoms with Gasteiger partial charge in [-0.05, 0) is 38.8 Å². The minimum atomic E-state index is -0.228. The predicted molar refractivity (Wildman–Crippen MR) is 125 cm³/mol. The molecule has 2 aliphatic rings. The van der Waals surface area contributed by atoms with Gasteiger partial charge in [0.1, 0.15) is 11.5 Å². The standard InChI is InChI=1S/C24H30N6O3/c1-3-33-24(31)29-10-6-17(7-11-29)20-14-21(30-12-13-32-15-16(30)2)28-23(27-20)19-5-9-26-22-18(19)4-8-25-22/h4-5,8-9,14,16-17H,3,6-7,10-13,15H2,1-2H3,(H,25,26)/t16-/m1/s1. The minimum absolute atomic E-state index is 0.228. The average molecular weight is 451 g/mol. The molecule has 0 aliphatic carbocycles. The van der Waals surface area contributed by atoms with Crippen LogP contribution in [0.2, 0.25) is 0 Å². The van der Waals surface area contributed by atoms with Crippen LogP contribution in [0.1, 0.15) is 38.3 Å². The summed E-state index contributed by atoms with van der Waals surface area (Å²) in [6.45, 7) is 7.91. The molecule has 5 rings (SSSR count). The highest BCUT2D eigenvalue weighted by Crippen LogP contribution is 2.33. The monoisotopic (exact) mass is 450 g/mol. The van der Waals surface area contributed by atoms with Crippen LogP contribution in [0.5, 0.6) is 0 Å². The second-order valence-electron chi connectivity index (χ2n) is 8.65. The molecule has 3 aromatic rings. The second-order valence-corrected chi connectivity index (χ2v) is 8.65. The van der Waals surface area contributed by atoms with Crippen molar-refractivity contribution in [1.82, 2.24) is 24.8 Å². The molecule has 2 fully saturated rings. The van der Waals surface area contributed by atoms with Gasteiger partial charge in [0.2, 0.25) is 0 Å². The Morgan fingerprint density at radius 3 is 2.88 bits per heavy atom. The van der Waals surface area contributed by atoms with Crippen LogP contribution >= 0.6 is 0 Å². The van der Waals surface area contributed by atoms with Crippen LogP contribution in [-0.4, -0.2) is 76.4 Å². The number of amides is 1. The second kappa shape index (κ2) is 9.35. The van der Waals surface area contributed by atoms with E-state index in [4.69, 9.17) is 19.4 Å². The lowest BCUT2D eigenvalue weighted by Crippen LogP contribution is -2.44. The van der Waals surface area contributed by atoms with Gasteiger partial charge in [0.15, 0.2) is 5.82 Å². The van der Waals surface area contributed by atoms with Gasteiger partial charge in [-0.15, -0.1) is 0 Å². The van der Waals surface area contributed by atoms with Crippen molar-refractivity contribution in [3.63, 3.8) is 0 Å². The molecule has 1 atom stereocenters. The fourth-order valence-electron chi connectivity index (χ4n) is 4.73. The number of carbonyl (C=O) groups excluding carboxylic acids is 1. The number of nitrogens with one attached hydrogen (secondary N) is 1. The summed E-state index contributed by atoms with van der Waals surface area (Å²) in [4.78, 5) is 33.9. The number of rotatable bonds is 4. The quantitative estimate of drug-likeness (QED) is 0.649.